The van der Waals surface area contributed by atoms with Gasteiger partial charge < -0.3 is 15.2 Å². The van der Waals surface area contributed by atoms with Crippen LogP contribution in [0.4, 0.5) is 5.95 Å². The molecule has 1 unspecified atom stereocenters. The molecule has 0 bridgehead atoms. The summed E-state index contributed by atoms with van der Waals surface area (Å²) in [5, 5.41) is 17.2. The minimum absolute atomic E-state index is 0.0718. The summed E-state index contributed by atoms with van der Waals surface area (Å²) in [6, 6.07) is 18.2. The van der Waals surface area contributed by atoms with Crippen LogP contribution in [0.3, 0.4) is 0 Å². The van der Waals surface area contributed by atoms with Gasteiger partial charge in [0.2, 0.25) is 5.95 Å². The molecule has 0 fully saturated rings. The number of nitrogens with one attached hydrogen (secondary N) is 1. The Hall–Kier alpha value is -3.12. The van der Waals surface area contributed by atoms with Gasteiger partial charge in [-0.15, -0.1) is 0 Å². The number of aliphatic hydroxyl groups is 1. The first-order valence-electron chi connectivity index (χ1n) is 9.62. The number of rotatable bonds is 7. The minimum atomic E-state index is -0.0718. The van der Waals surface area contributed by atoms with Crippen LogP contribution in [0.2, 0.25) is 0 Å². The van der Waals surface area contributed by atoms with E-state index in [1.54, 1.807) is 0 Å². The van der Waals surface area contributed by atoms with Crippen LogP contribution in [-0.4, -0.2) is 33.1 Å². The van der Waals surface area contributed by atoms with Gasteiger partial charge in [0.15, 0.2) is 5.82 Å². The molecule has 6 heteroatoms. The predicted octanol–water partition coefficient (Wildman–Crippen LogP) is 3.66. The lowest BCUT2D eigenvalue weighted by Crippen LogP contribution is -2.20. The van der Waals surface area contributed by atoms with Gasteiger partial charge in [-0.05, 0) is 42.7 Å². The maximum atomic E-state index is 9.12. The third kappa shape index (κ3) is 3.77. The summed E-state index contributed by atoms with van der Waals surface area (Å²) >= 11 is 0. The van der Waals surface area contributed by atoms with E-state index in [-0.39, 0.29) is 12.6 Å². The standard InChI is InChI=1S/C22H24N4O2/c1-2-28-18-12-10-17(11-13-18)20-15-19(16-7-4-3-5-8-16)23-22-24-21(9-6-14-27)25-26(20)22/h3-5,7-8,10-13,15,20,27H,2,6,9,14H2,1H3,(H,23,24,25). The van der Waals surface area contributed by atoms with E-state index in [4.69, 9.17) is 9.84 Å². The zero-order chi connectivity index (χ0) is 19.3. The zero-order valence-corrected chi connectivity index (χ0v) is 15.9. The Labute approximate surface area is 164 Å². The molecule has 28 heavy (non-hydrogen) atoms. The molecule has 144 valence electrons. The van der Waals surface area contributed by atoms with Gasteiger partial charge in [0.1, 0.15) is 11.8 Å². The van der Waals surface area contributed by atoms with Crippen molar-refractivity contribution in [1.82, 2.24) is 14.8 Å². The van der Waals surface area contributed by atoms with Crippen molar-refractivity contribution in [3.63, 3.8) is 0 Å². The van der Waals surface area contributed by atoms with E-state index in [2.05, 4.69) is 45.7 Å². The van der Waals surface area contributed by atoms with E-state index >= 15 is 0 Å². The lowest BCUT2D eigenvalue weighted by Gasteiger charge is -2.24. The minimum Gasteiger partial charge on any atom is -0.494 e. The second-order valence-electron chi connectivity index (χ2n) is 6.64. The quantitative estimate of drug-likeness (QED) is 0.658. The molecule has 1 aromatic heterocycles. The summed E-state index contributed by atoms with van der Waals surface area (Å²) in [5.74, 6) is 2.30. The number of anilines is 1. The Morgan fingerprint density at radius 3 is 2.61 bits per heavy atom. The number of fused-ring (bicyclic) bond motifs is 1. The topological polar surface area (TPSA) is 72.2 Å². The van der Waals surface area contributed by atoms with Crippen LogP contribution in [0.15, 0.2) is 60.7 Å². The number of hydrogen-bond donors (Lipinski definition) is 2. The average Bonchev–Trinajstić information content (AvgIpc) is 3.16. The van der Waals surface area contributed by atoms with E-state index in [1.807, 2.05) is 41.9 Å². The molecule has 3 aromatic rings. The molecule has 2 N–H and O–H groups in total. The van der Waals surface area contributed by atoms with E-state index in [0.717, 1.165) is 28.4 Å². The molecule has 1 aliphatic rings. The van der Waals surface area contributed by atoms with Gasteiger partial charge >= 0.3 is 0 Å². The number of benzene rings is 2. The molecule has 0 saturated heterocycles. The highest BCUT2D eigenvalue weighted by Crippen LogP contribution is 2.33. The average molecular weight is 376 g/mol. The number of allylic oxidation sites excluding steroid dienone is 1. The van der Waals surface area contributed by atoms with Gasteiger partial charge in [0.05, 0.1) is 6.61 Å². The van der Waals surface area contributed by atoms with Gasteiger partial charge in [-0.2, -0.15) is 10.1 Å². The first-order valence-corrected chi connectivity index (χ1v) is 9.62. The molecule has 1 atom stereocenters. The van der Waals surface area contributed by atoms with E-state index in [0.29, 0.717) is 25.4 Å². The molecule has 4 rings (SSSR count). The van der Waals surface area contributed by atoms with Gasteiger partial charge in [-0.3, -0.25) is 0 Å². The molecule has 0 aliphatic carbocycles. The van der Waals surface area contributed by atoms with Crippen LogP contribution < -0.4 is 10.1 Å². The SMILES string of the molecule is CCOc1ccc(C2C=C(c3ccccc3)Nc3nc(CCCO)nn32)cc1. The van der Waals surface area contributed by atoms with Crippen LogP contribution in [0, 0.1) is 0 Å². The fourth-order valence-electron chi connectivity index (χ4n) is 3.33. The Morgan fingerprint density at radius 1 is 1.11 bits per heavy atom. The van der Waals surface area contributed by atoms with Crippen LogP contribution in [-0.2, 0) is 6.42 Å². The van der Waals surface area contributed by atoms with Crippen molar-refractivity contribution in [3.05, 3.63) is 77.6 Å². The molecule has 6 nitrogen and oxygen atoms in total. The van der Waals surface area contributed by atoms with Crippen molar-refractivity contribution in [2.24, 2.45) is 0 Å². The predicted molar refractivity (Wildman–Crippen MR) is 109 cm³/mol. The zero-order valence-electron chi connectivity index (χ0n) is 15.9. The molecule has 2 heterocycles. The molecular formula is C22H24N4O2. The first-order chi connectivity index (χ1) is 13.8. The van der Waals surface area contributed by atoms with Crippen molar-refractivity contribution >= 4 is 11.6 Å². The summed E-state index contributed by atoms with van der Waals surface area (Å²) in [5.41, 5.74) is 3.22. The van der Waals surface area contributed by atoms with Crippen molar-refractivity contribution in [1.29, 1.82) is 0 Å². The second kappa shape index (κ2) is 8.27. The maximum Gasteiger partial charge on any atom is 0.226 e. The van der Waals surface area contributed by atoms with Crippen molar-refractivity contribution in [3.8, 4) is 5.75 Å². The molecule has 0 saturated carbocycles. The van der Waals surface area contributed by atoms with Crippen LogP contribution in [0.25, 0.3) is 5.70 Å². The Balaban J connectivity index is 1.72. The number of nitrogens with zero attached hydrogens (tertiary/aromatic N) is 3. The number of ether oxygens (including phenoxy) is 1. The highest BCUT2D eigenvalue weighted by atomic mass is 16.5. The molecule has 1 aliphatic heterocycles. The molecule has 0 radical (unpaired) electrons. The first kappa shape index (κ1) is 18.3. The van der Waals surface area contributed by atoms with Crippen molar-refractivity contribution in [2.45, 2.75) is 25.8 Å². The fourth-order valence-corrected chi connectivity index (χ4v) is 3.33. The molecule has 0 spiro atoms. The summed E-state index contributed by atoms with van der Waals surface area (Å²) in [6.07, 6.45) is 3.47. The Kier molecular flexibility index (Phi) is 5.39. The van der Waals surface area contributed by atoms with E-state index in [9.17, 15) is 0 Å². The third-order valence-electron chi connectivity index (χ3n) is 4.69. The lowest BCUT2D eigenvalue weighted by atomic mass is 10.0. The van der Waals surface area contributed by atoms with Crippen LogP contribution in [0.1, 0.15) is 36.3 Å². The number of aryl methyl sites for hydroxylation is 1. The second-order valence-corrected chi connectivity index (χ2v) is 6.64. The number of aliphatic hydroxyl groups excluding tert-OH is 1. The maximum absolute atomic E-state index is 9.12. The van der Waals surface area contributed by atoms with Crippen molar-refractivity contribution < 1.29 is 9.84 Å². The highest BCUT2D eigenvalue weighted by Gasteiger charge is 2.25. The lowest BCUT2D eigenvalue weighted by molar-refractivity contribution is 0.287. The van der Waals surface area contributed by atoms with Gasteiger partial charge in [0.25, 0.3) is 0 Å². The van der Waals surface area contributed by atoms with Crippen LogP contribution >= 0.6 is 0 Å². The summed E-state index contributed by atoms with van der Waals surface area (Å²) < 4.78 is 7.48. The summed E-state index contributed by atoms with van der Waals surface area (Å²) in [7, 11) is 0. The highest BCUT2D eigenvalue weighted by molar-refractivity contribution is 5.77. The van der Waals surface area contributed by atoms with E-state index < -0.39 is 0 Å². The Morgan fingerprint density at radius 2 is 1.89 bits per heavy atom. The largest absolute Gasteiger partial charge is 0.494 e. The Bertz CT molecular complexity index is 948. The normalized spacial score (nSPS) is 15.5. The molecule has 2 aromatic carbocycles. The van der Waals surface area contributed by atoms with Crippen LogP contribution in [0.5, 0.6) is 5.75 Å². The third-order valence-corrected chi connectivity index (χ3v) is 4.69. The smallest absolute Gasteiger partial charge is 0.226 e. The molecular weight excluding hydrogens is 352 g/mol. The van der Waals surface area contributed by atoms with E-state index in [1.165, 1.54) is 0 Å². The van der Waals surface area contributed by atoms with Gasteiger partial charge in [-0.25, -0.2) is 4.68 Å². The molecule has 0 amide bonds. The summed E-state index contributed by atoms with van der Waals surface area (Å²) in [6.45, 7) is 2.75. The number of hydrogen-bond acceptors (Lipinski definition) is 5. The van der Waals surface area contributed by atoms with Gasteiger partial charge in [-0.1, -0.05) is 42.5 Å². The fraction of sp³-hybridized carbons (Fsp3) is 0.273. The summed E-state index contributed by atoms with van der Waals surface area (Å²) in [4.78, 5) is 4.65. The van der Waals surface area contributed by atoms with Crippen molar-refractivity contribution in [2.75, 3.05) is 18.5 Å². The van der Waals surface area contributed by atoms with Gasteiger partial charge in [0, 0.05) is 18.7 Å². The monoisotopic (exact) mass is 376 g/mol. The number of aromatic nitrogens is 3.